The maximum Gasteiger partial charge on any atom is 0.262 e. The Kier molecular flexibility index (Phi) is 3.42. The topological polar surface area (TPSA) is 76.4 Å². The number of ether oxygens (including phenoxy) is 1. The average molecular weight is 275 g/mol. The van der Waals surface area contributed by atoms with Crippen molar-refractivity contribution in [2.45, 2.75) is 38.6 Å². The summed E-state index contributed by atoms with van der Waals surface area (Å²) in [5.74, 6) is 1.22. The van der Waals surface area contributed by atoms with Crippen molar-refractivity contribution in [1.29, 1.82) is 0 Å². The van der Waals surface area contributed by atoms with Crippen molar-refractivity contribution in [1.82, 2.24) is 0 Å². The summed E-state index contributed by atoms with van der Waals surface area (Å²) in [6, 6.07) is 4.03. The van der Waals surface area contributed by atoms with Crippen molar-refractivity contribution >= 4 is 23.0 Å². The van der Waals surface area contributed by atoms with E-state index in [-0.39, 0.29) is 12.5 Å². The van der Waals surface area contributed by atoms with Gasteiger partial charge in [-0.15, -0.1) is 0 Å². The highest BCUT2D eigenvalue weighted by Gasteiger charge is 2.23. The summed E-state index contributed by atoms with van der Waals surface area (Å²) >= 11 is 0. The summed E-state index contributed by atoms with van der Waals surface area (Å²) in [5, 5.41) is 6.30. The smallest absolute Gasteiger partial charge is 0.262 e. The first kappa shape index (κ1) is 13.1. The first-order valence-electron chi connectivity index (χ1n) is 7.26. The largest absolute Gasteiger partial charge is 0.482 e. The molecule has 1 aliphatic carbocycles. The van der Waals surface area contributed by atoms with E-state index in [4.69, 9.17) is 10.5 Å². The molecule has 0 aromatic heterocycles. The van der Waals surface area contributed by atoms with Crippen LogP contribution in [0.15, 0.2) is 12.1 Å². The number of benzene rings is 1. The quantitative estimate of drug-likeness (QED) is 0.741. The lowest BCUT2D eigenvalue weighted by Gasteiger charge is -2.25. The van der Waals surface area contributed by atoms with Gasteiger partial charge in [-0.05, 0) is 31.7 Å². The number of amides is 1. The second-order valence-corrected chi connectivity index (χ2v) is 5.75. The van der Waals surface area contributed by atoms with Crippen LogP contribution in [0.3, 0.4) is 0 Å². The minimum atomic E-state index is -0.128. The van der Waals surface area contributed by atoms with Gasteiger partial charge in [-0.3, -0.25) is 4.79 Å². The molecule has 1 fully saturated rings. The number of nitrogen functional groups attached to an aromatic ring is 1. The van der Waals surface area contributed by atoms with E-state index < -0.39 is 0 Å². The number of hydrogen-bond acceptors (Lipinski definition) is 4. The molecule has 20 heavy (non-hydrogen) atoms. The SMILES string of the molecule is CC(Nc1cc2c(cc1N)OCC(=O)N2)C1CCCC1. The monoisotopic (exact) mass is 275 g/mol. The van der Waals surface area contributed by atoms with Crippen LogP contribution in [-0.2, 0) is 4.79 Å². The van der Waals surface area contributed by atoms with Crippen molar-refractivity contribution < 1.29 is 9.53 Å². The Morgan fingerprint density at radius 1 is 1.40 bits per heavy atom. The molecule has 0 radical (unpaired) electrons. The summed E-state index contributed by atoms with van der Waals surface area (Å²) < 4.78 is 5.36. The summed E-state index contributed by atoms with van der Waals surface area (Å²) in [7, 11) is 0. The van der Waals surface area contributed by atoms with Crippen LogP contribution in [0.2, 0.25) is 0 Å². The van der Waals surface area contributed by atoms with Gasteiger partial charge in [0.05, 0.1) is 17.1 Å². The third kappa shape index (κ3) is 2.53. The second-order valence-electron chi connectivity index (χ2n) is 5.75. The number of rotatable bonds is 3. The van der Waals surface area contributed by atoms with Crippen LogP contribution in [0, 0.1) is 5.92 Å². The van der Waals surface area contributed by atoms with Crippen LogP contribution in [-0.4, -0.2) is 18.6 Å². The molecule has 5 nitrogen and oxygen atoms in total. The number of carbonyl (C=O) groups excluding carboxylic acids is 1. The predicted molar refractivity (Wildman–Crippen MR) is 80.0 cm³/mol. The molecule has 4 N–H and O–H groups in total. The lowest BCUT2D eigenvalue weighted by atomic mass is 9.99. The molecule has 2 aliphatic rings. The Balaban J connectivity index is 1.78. The zero-order chi connectivity index (χ0) is 14.1. The molecule has 1 aromatic carbocycles. The van der Waals surface area contributed by atoms with E-state index in [9.17, 15) is 4.79 Å². The van der Waals surface area contributed by atoms with Gasteiger partial charge in [0.15, 0.2) is 6.61 Å². The molecule has 0 spiro atoms. The Labute approximate surface area is 118 Å². The zero-order valence-corrected chi connectivity index (χ0v) is 11.7. The molecule has 1 atom stereocenters. The van der Waals surface area contributed by atoms with Crippen molar-refractivity contribution in [3.05, 3.63) is 12.1 Å². The fourth-order valence-electron chi connectivity index (χ4n) is 3.09. The van der Waals surface area contributed by atoms with Crippen molar-refractivity contribution in [3.8, 4) is 5.75 Å². The Hall–Kier alpha value is -1.91. The number of hydrogen-bond donors (Lipinski definition) is 3. The fourth-order valence-corrected chi connectivity index (χ4v) is 3.09. The number of nitrogens with one attached hydrogen (secondary N) is 2. The third-order valence-electron chi connectivity index (χ3n) is 4.27. The van der Waals surface area contributed by atoms with Gasteiger partial charge < -0.3 is 21.1 Å². The molecular formula is C15H21N3O2. The summed E-state index contributed by atoms with van der Waals surface area (Å²) in [6.45, 7) is 2.25. The summed E-state index contributed by atoms with van der Waals surface area (Å²) in [5.41, 5.74) is 8.29. The molecule has 0 bridgehead atoms. The number of fused-ring (bicyclic) bond motifs is 1. The number of carbonyl (C=O) groups is 1. The lowest BCUT2D eigenvalue weighted by Crippen LogP contribution is -2.27. The Morgan fingerprint density at radius 2 is 2.15 bits per heavy atom. The minimum Gasteiger partial charge on any atom is -0.482 e. The fraction of sp³-hybridized carbons (Fsp3) is 0.533. The van der Waals surface area contributed by atoms with E-state index in [0.29, 0.717) is 29.1 Å². The van der Waals surface area contributed by atoms with Crippen LogP contribution < -0.4 is 21.1 Å². The Bertz CT molecular complexity index is 524. The van der Waals surface area contributed by atoms with Crippen LogP contribution in [0.4, 0.5) is 17.1 Å². The molecule has 108 valence electrons. The van der Waals surface area contributed by atoms with E-state index in [2.05, 4.69) is 17.6 Å². The summed E-state index contributed by atoms with van der Waals surface area (Å²) in [4.78, 5) is 11.4. The highest BCUT2D eigenvalue weighted by Crippen LogP contribution is 2.37. The van der Waals surface area contributed by atoms with Crippen molar-refractivity contribution in [2.24, 2.45) is 5.92 Å². The zero-order valence-electron chi connectivity index (χ0n) is 11.7. The van der Waals surface area contributed by atoms with Gasteiger partial charge in [-0.25, -0.2) is 0 Å². The van der Waals surface area contributed by atoms with Gasteiger partial charge in [-0.1, -0.05) is 12.8 Å². The van der Waals surface area contributed by atoms with E-state index in [1.807, 2.05) is 6.07 Å². The molecule has 0 saturated heterocycles. The van der Waals surface area contributed by atoms with E-state index in [1.165, 1.54) is 25.7 Å². The van der Waals surface area contributed by atoms with E-state index >= 15 is 0 Å². The van der Waals surface area contributed by atoms with Crippen LogP contribution in [0.5, 0.6) is 5.75 Å². The molecular weight excluding hydrogens is 254 g/mol. The van der Waals surface area contributed by atoms with Gasteiger partial charge in [0.2, 0.25) is 0 Å². The van der Waals surface area contributed by atoms with Gasteiger partial charge in [0.25, 0.3) is 5.91 Å². The van der Waals surface area contributed by atoms with Gasteiger partial charge in [0.1, 0.15) is 5.75 Å². The molecule has 1 aliphatic heterocycles. The first-order valence-corrected chi connectivity index (χ1v) is 7.26. The van der Waals surface area contributed by atoms with Crippen LogP contribution >= 0.6 is 0 Å². The minimum absolute atomic E-state index is 0.0533. The molecule has 1 saturated carbocycles. The maximum atomic E-state index is 11.4. The maximum absolute atomic E-state index is 11.4. The normalized spacial score (nSPS) is 19.9. The number of anilines is 3. The molecule has 1 heterocycles. The molecule has 3 rings (SSSR count). The second kappa shape index (κ2) is 5.23. The highest BCUT2D eigenvalue weighted by atomic mass is 16.5. The van der Waals surface area contributed by atoms with Crippen molar-refractivity contribution in [2.75, 3.05) is 23.0 Å². The summed E-state index contributed by atoms with van der Waals surface area (Å²) in [6.07, 6.45) is 5.19. The standard InChI is InChI=1S/C15H21N3O2/c1-9(10-4-2-3-5-10)17-12-7-13-14(6-11(12)16)20-8-15(19)18-13/h6-7,9-10,17H,2-5,8,16H2,1H3,(H,18,19). The van der Waals surface area contributed by atoms with E-state index in [1.54, 1.807) is 6.07 Å². The van der Waals surface area contributed by atoms with Gasteiger partial charge in [-0.2, -0.15) is 0 Å². The molecule has 1 aromatic rings. The number of nitrogens with two attached hydrogens (primary N) is 1. The highest BCUT2D eigenvalue weighted by molar-refractivity contribution is 5.97. The van der Waals surface area contributed by atoms with Gasteiger partial charge in [0, 0.05) is 12.1 Å². The third-order valence-corrected chi connectivity index (χ3v) is 4.27. The van der Waals surface area contributed by atoms with Crippen molar-refractivity contribution in [3.63, 3.8) is 0 Å². The Morgan fingerprint density at radius 3 is 2.90 bits per heavy atom. The van der Waals surface area contributed by atoms with E-state index in [0.717, 1.165) is 5.69 Å². The molecule has 1 amide bonds. The van der Waals surface area contributed by atoms with Gasteiger partial charge >= 0.3 is 0 Å². The lowest BCUT2D eigenvalue weighted by molar-refractivity contribution is -0.118. The predicted octanol–water partition coefficient (Wildman–Crippen LogP) is 2.59. The average Bonchev–Trinajstić information content (AvgIpc) is 2.94. The molecule has 1 unspecified atom stereocenters. The first-order chi connectivity index (χ1) is 9.63. The van der Waals surface area contributed by atoms with Crippen LogP contribution in [0.25, 0.3) is 0 Å². The molecule has 5 heteroatoms. The van der Waals surface area contributed by atoms with Crippen LogP contribution in [0.1, 0.15) is 32.6 Å².